The van der Waals surface area contributed by atoms with Crippen LogP contribution in [0.15, 0.2) is 78.9 Å². The molecule has 222 valence electrons. The van der Waals surface area contributed by atoms with Crippen molar-refractivity contribution in [2.75, 3.05) is 26.9 Å². The predicted molar refractivity (Wildman–Crippen MR) is 165 cm³/mol. The Morgan fingerprint density at radius 2 is 1.55 bits per heavy atom. The third-order valence-electron chi connectivity index (χ3n) is 7.10. The van der Waals surface area contributed by atoms with Crippen molar-refractivity contribution in [2.45, 2.75) is 32.6 Å². The molecule has 4 aromatic rings. The van der Waals surface area contributed by atoms with E-state index in [2.05, 4.69) is 43.0 Å². The summed E-state index contributed by atoms with van der Waals surface area (Å²) in [5.74, 6) is 1.28. The van der Waals surface area contributed by atoms with E-state index in [1.54, 1.807) is 0 Å². The number of benzene rings is 4. The van der Waals surface area contributed by atoms with Crippen LogP contribution in [0.5, 0.6) is 11.5 Å². The summed E-state index contributed by atoms with van der Waals surface area (Å²) in [4.78, 5) is 11.9. The molecule has 1 unspecified atom stereocenters. The van der Waals surface area contributed by atoms with Gasteiger partial charge in [0, 0.05) is 5.92 Å². The lowest BCUT2D eigenvalue weighted by molar-refractivity contribution is -0.372. The minimum atomic E-state index is -0.246. The number of rotatable bonds is 12. The SMILES string of the molecule is COC(=O)Cc1ccccc1-c1ccc(C(C[NH3+])Cc2ccc(OCCOc3c(Cl)cc(C)cc3Cl)cc2)c(C)c1.[Cl-]. The molecule has 0 aliphatic carbocycles. The molecule has 0 saturated heterocycles. The van der Waals surface area contributed by atoms with Crippen molar-refractivity contribution in [2.24, 2.45) is 0 Å². The number of ether oxygens (including phenoxy) is 3. The Kier molecular flexibility index (Phi) is 12.6. The number of quaternary nitrogens is 1. The third-order valence-corrected chi connectivity index (χ3v) is 7.66. The van der Waals surface area contributed by atoms with Crippen LogP contribution in [0.25, 0.3) is 11.1 Å². The van der Waals surface area contributed by atoms with Crippen molar-refractivity contribution in [3.63, 3.8) is 0 Å². The molecule has 0 aliphatic rings. The van der Waals surface area contributed by atoms with Crippen molar-refractivity contribution in [3.8, 4) is 22.6 Å². The molecule has 0 aliphatic heterocycles. The first-order valence-electron chi connectivity index (χ1n) is 13.6. The molecule has 0 fully saturated rings. The van der Waals surface area contributed by atoms with Crippen molar-refractivity contribution in [1.82, 2.24) is 0 Å². The summed E-state index contributed by atoms with van der Waals surface area (Å²) in [6, 6.07) is 26.3. The molecule has 4 aromatic carbocycles. The fourth-order valence-corrected chi connectivity index (χ4v) is 5.69. The molecular weight excluding hydrogens is 593 g/mol. The van der Waals surface area contributed by atoms with E-state index >= 15 is 0 Å². The zero-order valence-corrected chi connectivity index (χ0v) is 26.4. The lowest BCUT2D eigenvalue weighted by Crippen LogP contribution is -3.00. The average molecular weight is 629 g/mol. The number of methoxy groups -OCH3 is 1. The first-order chi connectivity index (χ1) is 19.8. The van der Waals surface area contributed by atoms with Crippen molar-refractivity contribution in [1.29, 1.82) is 0 Å². The van der Waals surface area contributed by atoms with Crippen LogP contribution in [0.3, 0.4) is 0 Å². The van der Waals surface area contributed by atoms with E-state index in [9.17, 15) is 4.79 Å². The summed E-state index contributed by atoms with van der Waals surface area (Å²) in [7, 11) is 1.42. The van der Waals surface area contributed by atoms with Gasteiger partial charge in [0.25, 0.3) is 0 Å². The third kappa shape index (κ3) is 8.65. The van der Waals surface area contributed by atoms with Gasteiger partial charge in [0.15, 0.2) is 5.75 Å². The van der Waals surface area contributed by atoms with Crippen molar-refractivity contribution < 1.29 is 37.1 Å². The highest BCUT2D eigenvalue weighted by atomic mass is 35.5. The zero-order chi connectivity index (χ0) is 29.4. The number of carbonyl (C=O) groups excluding carboxylic acids is 1. The standard InChI is InChI=1S/C34H35Cl2NO4.ClH/c1-22-16-31(35)34(32(36)17-22)41-15-14-40-28-11-8-24(9-12-28)19-27(21-37)29-13-10-26(18-23(29)2)30-7-5-4-6-25(30)20-33(38)39-3;/h4-13,16-18,27H,14-15,19-21,37H2,1-3H3;1H. The van der Waals surface area contributed by atoms with Crippen LogP contribution in [0.2, 0.25) is 10.0 Å². The van der Waals surface area contributed by atoms with Crippen LogP contribution in [0.4, 0.5) is 0 Å². The zero-order valence-electron chi connectivity index (χ0n) is 24.1. The molecule has 1 atom stereocenters. The molecule has 0 radical (unpaired) electrons. The number of hydrogen-bond donors (Lipinski definition) is 1. The molecule has 4 rings (SSSR count). The predicted octanol–water partition coefficient (Wildman–Crippen LogP) is 4.02. The lowest BCUT2D eigenvalue weighted by atomic mass is 9.87. The molecule has 8 heteroatoms. The minimum Gasteiger partial charge on any atom is -1.00 e. The maximum absolute atomic E-state index is 11.9. The van der Waals surface area contributed by atoms with E-state index in [1.807, 2.05) is 55.5 Å². The fraction of sp³-hybridized carbons (Fsp3) is 0.265. The Morgan fingerprint density at radius 1 is 0.881 bits per heavy atom. The van der Waals surface area contributed by atoms with Crippen LogP contribution in [0.1, 0.15) is 33.7 Å². The number of hydrogen-bond acceptors (Lipinski definition) is 4. The molecule has 0 heterocycles. The van der Waals surface area contributed by atoms with Crippen LogP contribution in [-0.4, -0.2) is 32.8 Å². The van der Waals surface area contributed by atoms with Gasteiger partial charge in [-0.25, -0.2) is 0 Å². The van der Waals surface area contributed by atoms with Crippen molar-refractivity contribution in [3.05, 3.63) is 117 Å². The van der Waals surface area contributed by atoms with Crippen LogP contribution in [-0.2, 0) is 22.4 Å². The Balaban J connectivity index is 0.00000484. The Hall–Kier alpha value is -3.22. The first-order valence-corrected chi connectivity index (χ1v) is 14.4. The topological polar surface area (TPSA) is 72.4 Å². The molecule has 42 heavy (non-hydrogen) atoms. The highest BCUT2D eigenvalue weighted by Gasteiger charge is 2.17. The number of halogens is 3. The fourth-order valence-electron chi connectivity index (χ4n) is 4.99. The van der Waals surface area contributed by atoms with Crippen molar-refractivity contribution >= 4 is 29.2 Å². The molecule has 5 nitrogen and oxygen atoms in total. The van der Waals surface area contributed by atoms with E-state index in [-0.39, 0.29) is 30.7 Å². The van der Waals surface area contributed by atoms with Gasteiger partial charge in [0.2, 0.25) is 0 Å². The smallest absolute Gasteiger partial charge is 0.309 e. The molecule has 0 saturated carbocycles. The second-order valence-electron chi connectivity index (χ2n) is 10.1. The molecule has 0 amide bonds. The van der Waals surface area contributed by atoms with Crippen LogP contribution < -0.4 is 27.6 Å². The summed E-state index contributed by atoms with van der Waals surface area (Å²) >= 11 is 12.5. The normalized spacial score (nSPS) is 11.4. The number of esters is 1. The second-order valence-corrected chi connectivity index (χ2v) is 10.9. The van der Waals surface area contributed by atoms with E-state index in [1.165, 1.54) is 23.8 Å². The summed E-state index contributed by atoms with van der Waals surface area (Å²) in [5.41, 5.74) is 12.0. The number of carbonyl (C=O) groups is 1. The van der Waals surface area contributed by atoms with Gasteiger partial charge in [-0.15, -0.1) is 0 Å². The summed E-state index contributed by atoms with van der Waals surface area (Å²) in [5, 5.41) is 0.986. The Labute approximate surface area is 264 Å². The Bertz CT molecular complexity index is 1470. The first kappa shape index (κ1) is 33.3. The number of aryl methyl sites for hydroxylation is 2. The lowest BCUT2D eigenvalue weighted by Gasteiger charge is -2.18. The van der Waals surface area contributed by atoms with Gasteiger partial charge in [-0.05, 0) is 83.5 Å². The van der Waals surface area contributed by atoms with E-state index in [0.717, 1.165) is 41.0 Å². The van der Waals surface area contributed by atoms with Gasteiger partial charge >= 0.3 is 5.97 Å². The molecule has 0 bridgehead atoms. The van der Waals surface area contributed by atoms with Gasteiger partial charge in [-0.3, -0.25) is 4.79 Å². The second kappa shape index (κ2) is 15.9. The molecule has 0 aromatic heterocycles. The maximum atomic E-state index is 11.9. The average Bonchev–Trinajstić information content (AvgIpc) is 2.96. The van der Waals surface area contributed by atoms with Gasteiger partial charge < -0.3 is 32.4 Å². The molecule has 0 spiro atoms. The van der Waals surface area contributed by atoms with Gasteiger partial charge in [0.1, 0.15) is 19.0 Å². The quantitative estimate of drug-likeness (QED) is 0.190. The monoisotopic (exact) mass is 627 g/mol. The van der Waals surface area contributed by atoms with E-state index in [4.69, 9.17) is 37.4 Å². The van der Waals surface area contributed by atoms with Crippen LogP contribution >= 0.6 is 23.2 Å². The van der Waals surface area contributed by atoms with E-state index < -0.39 is 0 Å². The summed E-state index contributed by atoms with van der Waals surface area (Å²) in [6.45, 7) is 5.55. The van der Waals surface area contributed by atoms with Gasteiger partial charge in [0.05, 0.1) is 30.1 Å². The Morgan fingerprint density at radius 3 is 2.19 bits per heavy atom. The van der Waals surface area contributed by atoms with Gasteiger partial charge in [-0.2, -0.15) is 0 Å². The van der Waals surface area contributed by atoms with Crippen LogP contribution in [0, 0.1) is 13.8 Å². The maximum Gasteiger partial charge on any atom is 0.309 e. The summed E-state index contributed by atoms with van der Waals surface area (Å²) in [6.07, 6.45) is 1.12. The van der Waals surface area contributed by atoms with Gasteiger partial charge in [-0.1, -0.05) is 77.8 Å². The molecular formula is C34H36Cl3NO4. The highest BCUT2D eigenvalue weighted by Crippen LogP contribution is 2.34. The summed E-state index contributed by atoms with van der Waals surface area (Å²) < 4.78 is 16.5. The van der Waals surface area contributed by atoms with E-state index in [0.29, 0.717) is 29.0 Å². The highest BCUT2D eigenvalue weighted by molar-refractivity contribution is 6.37. The molecule has 3 N–H and O–H groups in total. The minimum absolute atomic E-state index is 0. The largest absolute Gasteiger partial charge is 1.00 e.